The Balaban J connectivity index is 1.32. The molecule has 0 atom stereocenters. The molecule has 0 saturated heterocycles. The SMILES string of the molecule is CCOC(=O)CCCSc1nnc(CSc2nc(N)c3c4c(sc3n2)CCC4)n1-c1ccccc1. The number of aromatic nitrogens is 5. The number of hydrogen-bond acceptors (Lipinski definition) is 10. The molecule has 182 valence electrons. The number of aryl methyl sites for hydroxylation is 2. The van der Waals surface area contributed by atoms with Crippen molar-refractivity contribution in [3.05, 3.63) is 46.6 Å². The van der Waals surface area contributed by atoms with Gasteiger partial charge in [-0.2, -0.15) is 0 Å². The summed E-state index contributed by atoms with van der Waals surface area (Å²) in [5.74, 6) is 2.52. The van der Waals surface area contributed by atoms with E-state index in [1.807, 2.05) is 37.3 Å². The van der Waals surface area contributed by atoms with Crippen molar-refractivity contribution in [3.8, 4) is 5.69 Å². The monoisotopic (exact) mass is 526 g/mol. The second-order valence-corrected chi connectivity index (χ2v) is 11.1. The van der Waals surface area contributed by atoms with Crippen molar-refractivity contribution in [2.75, 3.05) is 18.1 Å². The summed E-state index contributed by atoms with van der Waals surface area (Å²) in [5.41, 5.74) is 8.68. The second-order valence-electron chi connectivity index (χ2n) is 8.04. The number of hydrogen-bond donors (Lipinski definition) is 1. The van der Waals surface area contributed by atoms with Crippen LogP contribution in [0.5, 0.6) is 0 Å². The van der Waals surface area contributed by atoms with Crippen LogP contribution in [0, 0.1) is 0 Å². The topological polar surface area (TPSA) is 109 Å². The lowest BCUT2D eigenvalue weighted by molar-refractivity contribution is -0.143. The molecule has 8 nitrogen and oxygen atoms in total. The fraction of sp³-hybridized carbons (Fsp3) is 0.375. The largest absolute Gasteiger partial charge is 0.466 e. The molecule has 3 aromatic heterocycles. The maximum absolute atomic E-state index is 11.6. The molecule has 3 heterocycles. The number of anilines is 1. The zero-order valence-electron chi connectivity index (χ0n) is 19.4. The molecule has 0 aliphatic heterocycles. The molecule has 0 radical (unpaired) electrons. The summed E-state index contributed by atoms with van der Waals surface area (Å²) in [4.78, 5) is 23.4. The minimum Gasteiger partial charge on any atom is -0.466 e. The minimum absolute atomic E-state index is 0.165. The summed E-state index contributed by atoms with van der Waals surface area (Å²) in [6.45, 7) is 2.23. The molecule has 0 fully saturated rings. The quantitative estimate of drug-likeness (QED) is 0.131. The van der Waals surface area contributed by atoms with Gasteiger partial charge in [0.25, 0.3) is 0 Å². The maximum atomic E-state index is 11.6. The average Bonchev–Trinajstić information content (AvgIpc) is 3.55. The summed E-state index contributed by atoms with van der Waals surface area (Å²) in [5, 5.41) is 11.4. The molecule has 11 heteroatoms. The third kappa shape index (κ3) is 5.31. The Bertz CT molecular complexity index is 1340. The molecule has 0 saturated carbocycles. The maximum Gasteiger partial charge on any atom is 0.305 e. The first-order valence-corrected chi connectivity index (χ1v) is 14.4. The lowest BCUT2D eigenvalue weighted by Crippen LogP contribution is -2.05. The first-order valence-electron chi connectivity index (χ1n) is 11.6. The summed E-state index contributed by atoms with van der Waals surface area (Å²) in [6.07, 6.45) is 4.48. The number of nitrogen functional groups attached to an aromatic ring is 1. The summed E-state index contributed by atoms with van der Waals surface area (Å²) in [6, 6.07) is 10.0. The van der Waals surface area contributed by atoms with Gasteiger partial charge >= 0.3 is 5.97 Å². The van der Waals surface area contributed by atoms with Crippen LogP contribution < -0.4 is 5.73 Å². The Morgan fingerprint density at radius 2 is 2.03 bits per heavy atom. The molecule has 5 rings (SSSR count). The number of carbonyl (C=O) groups excluding carboxylic acids is 1. The van der Waals surface area contributed by atoms with E-state index in [9.17, 15) is 4.79 Å². The van der Waals surface area contributed by atoms with Gasteiger partial charge in [0.1, 0.15) is 16.5 Å². The van der Waals surface area contributed by atoms with Crippen LogP contribution in [-0.4, -0.2) is 43.1 Å². The van der Waals surface area contributed by atoms with E-state index in [4.69, 9.17) is 15.5 Å². The lowest BCUT2D eigenvalue weighted by atomic mass is 10.2. The van der Waals surface area contributed by atoms with E-state index in [1.54, 1.807) is 23.1 Å². The van der Waals surface area contributed by atoms with Crippen molar-refractivity contribution in [2.24, 2.45) is 0 Å². The van der Waals surface area contributed by atoms with Gasteiger partial charge in [-0.05, 0) is 50.3 Å². The number of benzene rings is 1. The van der Waals surface area contributed by atoms with E-state index in [0.717, 1.165) is 45.5 Å². The van der Waals surface area contributed by atoms with Gasteiger partial charge in [0.05, 0.1) is 17.7 Å². The van der Waals surface area contributed by atoms with Gasteiger partial charge in [-0.15, -0.1) is 21.5 Å². The van der Waals surface area contributed by atoms with E-state index in [0.29, 0.717) is 36.2 Å². The highest BCUT2D eigenvalue weighted by Crippen LogP contribution is 2.39. The van der Waals surface area contributed by atoms with E-state index < -0.39 is 0 Å². The third-order valence-corrected chi connectivity index (χ3v) is 8.72. The van der Waals surface area contributed by atoms with Crippen molar-refractivity contribution in [1.82, 2.24) is 24.7 Å². The number of ether oxygens (including phenoxy) is 1. The van der Waals surface area contributed by atoms with Crippen molar-refractivity contribution >= 4 is 56.9 Å². The van der Waals surface area contributed by atoms with Crippen LogP contribution in [-0.2, 0) is 28.1 Å². The molecule has 0 bridgehead atoms. The van der Waals surface area contributed by atoms with Gasteiger partial charge in [0, 0.05) is 22.7 Å². The van der Waals surface area contributed by atoms with E-state index >= 15 is 0 Å². The minimum atomic E-state index is -0.165. The Labute approximate surface area is 216 Å². The Kier molecular flexibility index (Phi) is 7.54. The zero-order chi connectivity index (χ0) is 24.2. The van der Waals surface area contributed by atoms with Crippen molar-refractivity contribution in [2.45, 2.75) is 55.1 Å². The fourth-order valence-electron chi connectivity index (χ4n) is 4.13. The van der Waals surface area contributed by atoms with Gasteiger partial charge in [-0.3, -0.25) is 9.36 Å². The number of para-hydroxylation sites is 1. The van der Waals surface area contributed by atoms with Crippen molar-refractivity contribution in [1.29, 1.82) is 0 Å². The number of carbonyl (C=O) groups is 1. The molecule has 0 unspecified atom stereocenters. The van der Waals surface area contributed by atoms with Crippen LogP contribution in [0.3, 0.4) is 0 Å². The van der Waals surface area contributed by atoms with Crippen molar-refractivity contribution in [3.63, 3.8) is 0 Å². The number of thiophene rings is 1. The molecular formula is C24H26N6O2S3. The summed E-state index contributed by atoms with van der Waals surface area (Å²) >= 11 is 4.84. The second kappa shape index (κ2) is 11.0. The number of thioether (sulfide) groups is 2. The summed E-state index contributed by atoms with van der Waals surface area (Å²) < 4.78 is 7.07. The Morgan fingerprint density at radius 1 is 1.17 bits per heavy atom. The standard InChI is InChI=1S/C24H26N6O2S3/c1-2-32-19(31)12-7-13-33-24-29-28-18(30(24)15-8-4-3-5-9-15)14-34-23-26-21(25)20-16-10-6-11-17(16)35-22(20)27-23/h3-5,8-9H,2,6-7,10-14H2,1H3,(H2,25,26,27). The molecule has 1 aliphatic carbocycles. The van der Waals surface area contributed by atoms with Gasteiger partial charge < -0.3 is 10.5 Å². The molecule has 2 N–H and O–H groups in total. The average molecular weight is 527 g/mol. The molecule has 4 aromatic rings. The van der Waals surface area contributed by atoms with E-state index in [-0.39, 0.29) is 5.97 Å². The lowest BCUT2D eigenvalue weighted by Gasteiger charge is -2.10. The number of nitrogens with two attached hydrogens (primary N) is 1. The van der Waals surface area contributed by atoms with Crippen LogP contribution in [0.25, 0.3) is 15.9 Å². The Hall–Kier alpha value is -2.63. The van der Waals surface area contributed by atoms with E-state index in [1.165, 1.54) is 28.6 Å². The highest BCUT2D eigenvalue weighted by Gasteiger charge is 2.22. The molecule has 0 amide bonds. The van der Waals surface area contributed by atoms with Gasteiger partial charge in [-0.25, -0.2) is 9.97 Å². The number of fused-ring (bicyclic) bond motifs is 3. The first-order chi connectivity index (χ1) is 17.1. The summed E-state index contributed by atoms with van der Waals surface area (Å²) in [7, 11) is 0. The molecule has 1 aromatic carbocycles. The number of esters is 1. The number of rotatable bonds is 10. The third-order valence-electron chi connectivity index (χ3n) is 5.68. The van der Waals surface area contributed by atoms with Gasteiger partial charge in [0.15, 0.2) is 10.3 Å². The molecule has 35 heavy (non-hydrogen) atoms. The fourth-order valence-corrected chi connectivity index (χ4v) is 7.13. The molecule has 1 aliphatic rings. The van der Waals surface area contributed by atoms with Crippen LogP contribution in [0.1, 0.15) is 42.5 Å². The normalized spacial score (nSPS) is 12.8. The highest BCUT2D eigenvalue weighted by molar-refractivity contribution is 7.99. The van der Waals surface area contributed by atoms with Crippen LogP contribution in [0.2, 0.25) is 0 Å². The smallest absolute Gasteiger partial charge is 0.305 e. The first kappa shape index (κ1) is 24.1. The molecule has 0 spiro atoms. The predicted octanol–water partition coefficient (Wildman–Crippen LogP) is 5.07. The number of nitrogens with zero attached hydrogens (tertiary/aromatic N) is 5. The van der Waals surface area contributed by atoms with Crippen molar-refractivity contribution < 1.29 is 9.53 Å². The van der Waals surface area contributed by atoms with Gasteiger partial charge in [0.2, 0.25) is 0 Å². The zero-order valence-corrected chi connectivity index (χ0v) is 21.8. The van der Waals surface area contributed by atoms with E-state index in [2.05, 4.69) is 19.7 Å². The predicted molar refractivity (Wildman–Crippen MR) is 141 cm³/mol. The van der Waals surface area contributed by atoms with Gasteiger partial charge in [-0.1, -0.05) is 41.7 Å². The van der Waals surface area contributed by atoms with Crippen LogP contribution in [0.4, 0.5) is 5.82 Å². The van der Waals surface area contributed by atoms with Crippen LogP contribution in [0.15, 0.2) is 40.6 Å². The highest BCUT2D eigenvalue weighted by atomic mass is 32.2. The molecular weight excluding hydrogens is 501 g/mol. The van der Waals surface area contributed by atoms with Crippen LogP contribution >= 0.6 is 34.9 Å². The Morgan fingerprint density at radius 3 is 2.86 bits per heavy atom.